The van der Waals surface area contributed by atoms with Crippen molar-refractivity contribution in [1.29, 1.82) is 0 Å². The maximum Gasteiger partial charge on any atom is 0.155 e. The molecule has 0 radical (unpaired) electrons. The summed E-state index contributed by atoms with van der Waals surface area (Å²) in [6, 6.07) is 0. The van der Waals surface area contributed by atoms with E-state index in [2.05, 4.69) is 19.6 Å². The lowest BCUT2D eigenvalue weighted by Crippen LogP contribution is -2.29. The van der Waals surface area contributed by atoms with Gasteiger partial charge in [0, 0.05) is 11.8 Å². The molecule has 0 aromatic rings. The van der Waals surface area contributed by atoms with Crippen molar-refractivity contribution in [1.82, 2.24) is 0 Å². The van der Waals surface area contributed by atoms with E-state index in [0.29, 0.717) is 12.2 Å². The second kappa shape index (κ2) is 3.23. The molecule has 0 spiro atoms. The summed E-state index contributed by atoms with van der Waals surface area (Å²) in [5.41, 5.74) is 2.72. The summed E-state index contributed by atoms with van der Waals surface area (Å²) in [7, 11) is 0. The van der Waals surface area contributed by atoms with Gasteiger partial charge in [-0.05, 0) is 30.9 Å². The summed E-state index contributed by atoms with van der Waals surface area (Å²) in [6.45, 7) is 6.09. The van der Waals surface area contributed by atoms with E-state index in [1.807, 2.05) is 12.2 Å². The molecule has 14 heavy (non-hydrogen) atoms. The highest BCUT2D eigenvalue weighted by Crippen LogP contribution is 2.47. The molecular formula is C13H16O. The zero-order chi connectivity index (χ0) is 10.2. The second-order valence-corrected chi connectivity index (χ2v) is 4.37. The third kappa shape index (κ3) is 1.28. The van der Waals surface area contributed by atoms with E-state index in [4.69, 9.17) is 0 Å². The number of ketones is 1. The summed E-state index contributed by atoms with van der Waals surface area (Å²) >= 11 is 0. The van der Waals surface area contributed by atoms with Crippen molar-refractivity contribution in [2.45, 2.75) is 32.6 Å². The minimum Gasteiger partial charge on any atom is -0.295 e. The molecule has 0 unspecified atom stereocenters. The molecule has 0 aliphatic heterocycles. The fourth-order valence-corrected chi connectivity index (χ4v) is 2.55. The van der Waals surface area contributed by atoms with E-state index >= 15 is 0 Å². The fraction of sp³-hybridized carbons (Fsp3) is 0.462. The molecule has 0 saturated heterocycles. The summed E-state index contributed by atoms with van der Waals surface area (Å²) in [4.78, 5) is 11.3. The van der Waals surface area contributed by atoms with Crippen LogP contribution in [0.1, 0.15) is 32.6 Å². The maximum absolute atomic E-state index is 11.3. The SMILES string of the molecule is C=CC1=CCCC2=CC(=O)CC[C@@]12C. The summed E-state index contributed by atoms with van der Waals surface area (Å²) in [5.74, 6) is 0.294. The molecule has 74 valence electrons. The number of hydrogen-bond acceptors (Lipinski definition) is 1. The summed E-state index contributed by atoms with van der Waals surface area (Å²) in [6.07, 6.45) is 9.80. The number of carbonyl (C=O) groups excluding carboxylic acids is 1. The lowest BCUT2D eigenvalue weighted by atomic mass is 9.65. The molecule has 0 N–H and O–H groups in total. The van der Waals surface area contributed by atoms with E-state index in [9.17, 15) is 4.79 Å². The lowest BCUT2D eigenvalue weighted by Gasteiger charge is -2.39. The van der Waals surface area contributed by atoms with Gasteiger partial charge in [0.05, 0.1) is 0 Å². The molecule has 0 amide bonds. The highest BCUT2D eigenvalue weighted by Gasteiger charge is 2.36. The molecule has 1 nitrogen and oxygen atoms in total. The predicted molar refractivity (Wildman–Crippen MR) is 57.9 cm³/mol. The van der Waals surface area contributed by atoms with Crippen LogP contribution >= 0.6 is 0 Å². The van der Waals surface area contributed by atoms with Crippen LogP contribution < -0.4 is 0 Å². The predicted octanol–water partition coefficient (Wildman–Crippen LogP) is 3.19. The van der Waals surface area contributed by atoms with Gasteiger partial charge >= 0.3 is 0 Å². The Labute approximate surface area is 85.2 Å². The van der Waals surface area contributed by atoms with E-state index in [1.54, 1.807) is 0 Å². The Balaban J connectivity index is 2.46. The molecular weight excluding hydrogens is 172 g/mol. The zero-order valence-corrected chi connectivity index (χ0v) is 8.68. The van der Waals surface area contributed by atoms with Crippen molar-refractivity contribution in [3.05, 3.63) is 36.0 Å². The van der Waals surface area contributed by atoms with Crippen molar-refractivity contribution in [2.75, 3.05) is 0 Å². The first-order valence-corrected chi connectivity index (χ1v) is 5.24. The monoisotopic (exact) mass is 188 g/mol. The van der Waals surface area contributed by atoms with Gasteiger partial charge < -0.3 is 0 Å². The molecule has 0 aromatic carbocycles. The van der Waals surface area contributed by atoms with Gasteiger partial charge in [0.15, 0.2) is 5.78 Å². The van der Waals surface area contributed by atoms with Gasteiger partial charge in [-0.1, -0.05) is 31.2 Å². The number of rotatable bonds is 1. The van der Waals surface area contributed by atoms with Crippen molar-refractivity contribution in [3.63, 3.8) is 0 Å². The van der Waals surface area contributed by atoms with Gasteiger partial charge in [-0.25, -0.2) is 0 Å². The normalized spacial score (nSPS) is 31.6. The molecule has 1 heteroatoms. The number of hydrogen-bond donors (Lipinski definition) is 0. The zero-order valence-electron chi connectivity index (χ0n) is 8.68. The highest BCUT2D eigenvalue weighted by atomic mass is 16.1. The van der Waals surface area contributed by atoms with Crippen LogP contribution in [0.3, 0.4) is 0 Å². The molecule has 2 aliphatic carbocycles. The van der Waals surface area contributed by atoms with Crippen molar-refractivity contribution >= 4 is 5.78 Å². The number of carbonyl (C=O) groups is 1. The Kier molecular flexibility index (Phi) is 2.18. The Morgan fingerprint density at radius 2 is 2.29 bits per heavy atom. The minimum absolute atomic E-state index is 0.105. The van der Waals surface area contributed by atoms with Gasteiger partial charge in [-0.15, -0.1) is 0 Å². The van der Waals surface area contributed by atoms with E-state index in [0.717, 1.165) is 19.3 Å². The van der Waals surface area contributed by atoms with Crippen LogP contribution in [-0.4, -0.2) is 5.78 Å². The van der Waals surface area contributed by atoms with Gasteiger partial charge in [0.25, 0.3) is 0 Å². The van der Waals surface area contributed by atoms with Gasteiger partial charge in [0.1, 0.15) is 0 Å². The van der Waals surface area contributed by atoms with Crippen molar-refractivity contribution < 1.29 is 4.79 Å². The van der Waals surface area contributed by atoms with Crippen LogP contribution in [0.5, 0.6) is 0 Å². The Bertz CT molecular complexity index is 346. The molecule has 0 heterocycles. The molecule has 1 atom stereocenters. The molecule has 0 aromatic heterocycles. The summed E-state index contributed by atoms with van der Waals surface area (Å²) in [5, 5.41) is 0. The van der Waals surface area contributed by atoms with Crippen LogP contribution in [-0.2, 0) is 4.79 Å². The molecule has 0 bridgehead atoms. The topological polar surface area (TPSA) is 17.1 Å². The van der Waals surface area contributed by atoms with Crippen molar-refractivity contribution in [3.8, 4) is 0 Å². The fourth-order valence-electron chi connectivity index (χ4n) is 2.55. The average Bonchev–Trinajstić information content (AvgIpc) is 2.18. The largest absolute Gasteiger partial charge is 0.295 e. The van der Waals surface area contributed by atoms with Crippen LogP contribution in [0.15, 0.2) is 36.0 Å². The van der Waals surface area contributed by atoms with Crippen LogP contribution in [0.4, 0.5) is 0 Å². The van der Waals surface area contributed by atoms with E-state index in [1.165, 1.54) is 11.1 Å². The Morgan fingerprint density at radius 3 is 3.00 bits per heavy atom. The van der Waals surface area contributed by atoms with Crippen LogP contribution in [0.2, 0.25) is 0 Å². The van der Waals surface area contributed by atoms with Crippen molar-refractivity contribution in [2.24, 2.45) is 5.41 Å². The van der Waals surface area contributed by atoms with Crippen LogP contribution in [0.25, 0.3) is 0 Å². The van der Waals surface area contributed by atoms with E-state index in [-0.39, 0.29) is 5.41 Å². The second-order valence-electron chi connectivity index (χ2n) is 4.37. The molecule has 0 fully saturated rings. The van der Waals surface area contributed by atoms with Gasteiger partial charge in [-0.2, -0.15) is 0 Å². The molecule has 2 rings (SSSR count). The standard InChI is InChI=1S/C13H16O/c1-3-10-5-4-6-11-9-12(14)7-8-13(10,11)2/h3,5,9H,1,4,6-8H2,2H3/t13-/m0/s1. The Hall–Kier alpha value is -1.11. The first-order chi connectivity index (χ1) is 6.66. The number of fused-ring (bicyclic) bond motifs is 1. The first kappa shape index (κ1) is 9.45. The average molecular weight is 188 g/mol. The van der Waals surface area contributed by atoms with Gasteiger partial charge in [-0.3, -0.25) is 4.79 Å². The number of allylic oxidation sites excluding steroid dienone is 5. The molecule has 2 aliphatic rings. The molecule has 0 saturated carbocycles. The third-order valence-electron chi connectivity index (χ3n) is 3.55. The smallest absolute Gasteiger partial charge is 0.155 e. The Morgan fingerprint density at radius 1 is 1.50 bits per heavy atom. The third-order valence-corrected chi connectivity index (χ3v) is 3.55. The quantitative estimate of drug-likeness (QED) is 0.617. The minimum atomic E-state index is 0.105. The van der Waals surface area contributed by atoms with E-state index < -0.39 is 0 Å². The lowest BCUT2D eigenvalue weighted by molar-refractivity contribution is -0.115. The van der Waals surface area contributed by atoms with Crippen LogP contribution in [0, 0.1) is 5.41 Å². The highest BCUT2D eigenvalue weighted by molar-refractivity contribution is 5.92. The maximum atomic E-state index is 11.3. The summed E-state index contributed by atoms with van der Waals surface area (Å²) < 4.78 is 0. The first-order valence-electron chi connectivity index (χ1n) is 5.24. The van der Waals surface area contributed by atoms with Gasteiger partial charge in [0.2, 0.25) is 0 Å².